The molecule has 2 saturated heterocycles. The van der Waals surface area contributed by atoms with Crippen molar-refractivity contribution in [3.63, 3.8) is 0 Å². The van der Waals surface area contributed by atoms with Crippen molar-refractivity contribution in [2.24, 2.45) is 0 Å². The predicted octanol–water partition coefficient (Wildman–Crippen LogP) is 4.63. The Hall–Kier alpha value is -2.61. The topological polar surface area (TPSA) is 63.2 Å². The molecule has 2 N–H and O–H groups in total. The number of carbonyl (C=O) groups excluding carboxylic acids is 1. The van der Waals surface area contributed by atoms with Crippen molar-refractivity contribution in [2.75, 3.05) is 6.54 Å². The van der Waals surface area contributed by atoms with E-state index in [4.69, 9.17) is 4.74 Å². The van der Waals surface area contributed by atoms with E-state index >= 15 is 0 Å². The number of halogens is 3. The van der Waals surface area contributed by atoms with Crippen molar-refractivity contribution in [1.82, 2.24) is 15.6 Å². The van der Waals surface area contributed by atoms with Gasteiger partial charge in [-0.3, -0.25) is 15.1 Å². The molecule has 2 aromatic rings. The zero-order valence-corrected chi connectivity index (χ0v) is 17.8. The second-order valence-corrected chi connectivity index (χ2v) is 9.22. The number of nitrogens with one attached hydrogen (secondary N) is 2. The molecule has 0 aliphatic carbocycles. The monoisotopic (exact) mass is 433 g/mol. The average Bonchev–Trinajstić information content (AvgIpc) is 3.27. The van der Waals surface area contributed by atoms with Gasteiger partial charge in [-0.15, -0.1) is 0 Å². The quantitative estimate of drug-likeness (QED) is 0.741. The number of pyridine rings is 1. The fourth-order valence-corrected chi connectivity index (χ4v) is 4.26. The maximum atomic E-state index is 13.0. The van der Waals surface area contributed by atoms with Crippen LogP contribution >= 0.6 is 0 Å². The molecule has 2 aliphatic heterocycles. The summed E-state index contributed by atoms with van der Waals surface area (Å²) in [4.78, 5) is 16.8. The Morgan fingerprint density at radius 3 is 2.42 bits per heavy atom. The van der Waals surface area contributed by atoms with Gasteiger partial charge in [-0.25, -0.2) is 0 Å². The SMILES string of the molecule is CC(C)(C)Oc1cnc([C@@H]2CC[C@@]3(CCNC3=O)N2)cc1-c1ccc(C(F)(F)F)cc1. The summed E-state index contributed by atoms with van der Waals surface area (Å²) in [5, 5.41) is 6.32. The Labute approximate surface area is 179 Å². The van der Waals surface area contributed by atoms with Crippen LogP contribution in [0.2, 0.25) is 0 Å². The van der Waals surface area contributed by atoms with Gasteiger partial charge in [0.15, 0.2) is 0 Å². The molecule has 2 atom stereocenters. The number of amides is 1. The molecule has 5 nitrogen and oxygen atoms in total. The summed E-state index contributed by atoms with van der Waals surface area (Å²) in [6, 6.07) is 6.79. The summed E-state index contributed by atoms with van der Waals surface area (Å²) in [5.74, 6) is 0.521. The third-order valence-electron chi connectivity index (χ3n) is 5.77. The van der Waals surface area contributed by atoms with Crippen LogP contribution in [0.25, 0.3) is 11.1 Å². The van der Waals surface area contributed by atoms with Gasteiger partial charge >= 0.3 is 6.18 Å². The number of aromatic nitrogens is 1. The van der Waals surface area contributed by atoms with Crippen LogP contribution in [0, 0.1) is 0 Å². The maximum Gasteiger partial charge on any atom is 0.416 e. The Balaban J connectivity index is 1.69. The van der Waals surface area contributed by atoms with Crippen molar-refractivity contribution in [2.45, 2.75) is 63.4 Å². The van der Waals surface area contributed by atoms with Gasteiger partial charge in [-0.1, -0.05) is 12.1 Å². The number of benzene rings is 1. The van der Waals surface area contributed by atoms with E-state index < -0.39 is 22.9 Å². The van der Waals surface area contributed by atoms with E-state index in [0.717, 1.165) is 37.1 Å². The van der Waals surface area contributed by atoms with E-state index in [9.17, 15) is 18.0 Å². The Morgan fingerprint density at radius 1 is 1.13 bits per heavy atom. The van der Waals surface area contributed by atoms with Gasteiger partial charge in [0.25, 0.3) is 0 Å². The summed E-state index contributed by atoms with van der Waals surface area (Å²) in [7, 11) is 0. The van der Waals surface area contributed by atoms with Crippen LogP contribution < -0.4 is 15.4 Å². The fraction of sp³-hybridized carbons (Fsp3) is 0.478. The molecule has 3 heterocycles. The van der Waals surface area contributed by atoms with Gasteiger partial charge in [-0.05, 0) is 63.8 Å². The normalized spacial score (nSPS) is 23.9. The van der Waals surface area contributed by atoms with E-state index in [1.807, 2.05) is 26.8 Å². The van der Waals surface area contributed by atoms with Crippen molar-refractivity contribution in [3.8, 4) is 16.9 Å². The number of rotatable bonds is 3. The molecule has 2 fully saturated rings. The number of hydrogen-bond acceptors (Lipinski definition) is 4. The lowest BCUT2D eigenvalue weighted by Crippen LogP contribution is -2.47. The van der Waals surface area contributed by atoms with Gasteiger partial charge in [0.1, 0.15) is 16.9 Å². The molecule has 1 spiro atoms. The first-order valence-electron chi connectivity index (χ1n) is 10.4. The molecule has 1 amide bonds. The number of hydrogen-bond donors (Lipinski definition) is 2. The lowest BCUT2D eigenvalue weighted by atomic mass is 9.96. The zero-order chi connectivity index (χ0) is 22.4. The second-order valence-electron chi connectivity index (χ2n) is 9.22. The molecule has 1 aromatic heterocycles. The van der Waals surface area contributed by atoms with E-state index in [2.05, 4.69) is 15.6 Å². The molecular formula is C23H26F3N3O2. The molecule has 0 saturated carbocycles. The first kappa shape index (κ1) is 21.6. The summed E-state index contributed by atoms with van der Waals surface area (Å²) < 4.78 is 45.0. The summed E-state index contributed by atoms with van der Waals surface area (Å²) >= 11 is 0. The van der Waals surface area contributed by atoms with Crippen molar-refractivity contribution in [1.29, 1.82) is 0 Å². The minimum atomic E-state index is -4.39. The third-order valence-corrected chi connectivity index (χ3v) is 5.77. The number of nitrogens with zero attached hydrogens (tertiary/aromatic N) is 1. The zero-order valence-electron chi connectivity index (χ0n) is 17.8. The number of ether oxygens (including phenoxy) is 1. The molecule has 0 bridgehead atoms. The molecule has 166 valence electrons. The Kier molecular flexibility index (Phi) is 5.24. The van der Waals surface area contributed by atoms with Crippen LogP contribution in [-0.4, -0.2) is 28.6 Å². The van der Waals surface area contributed by atoms with Gasteiger partial charge in [0.05, 0.1) is 23.5 Å². The first-order chi connectivity index (χ1) is 14.5. The van der Waals surface area contributed by atoms with Crippen molar-refractivity contribution >= 4 is 5.91 Å². The van der Waals surface area contributed by atoms with E-state index in [1.165, 1.54) is 12.1 Å². The fourth-order valence-electron chi connectivity index (χ4n) is 4.26. The van der Waals surface area contributed by atoms with E-state index in [1.54, 1.807) is 6.20 Å². The average molecular weight is 433 g/mol. The molecule has 31 heavy (non-hydrogen) atoms. The van der Waals surface area contributed by atoms with Crippen LogP contribution in [0.5, 0.6) is 5.75 Å². The van der Waals surface area contributed by atoms with Gasteiger partial charge in [-0.2, -0.15) is 13.2 Å². The van der Waals surface area contributed by atoms with Gasteiger partial charge in [0, 0.05) is 12.1 Å². The lowest BCUT2D eigenvalue weighted by molar-refractivity contribution is -0.137. The standard InChI is InChI=1S/C23H26F3N3O2/c1-21(2,3)31-19-13-28-18(17-8-9-22(29-17)10-11-27-20(22)30)12-16(19)14-4-6-15(7-5-14)23(24,25)26/h4-7,12-13,17,29H,8-11H2,1-3H3,(H,27,30)/t17-,22-/m0/s1. The van der Waals surface area contributed by atoms with Crippen molar-refractivity contribution < 1.29 is 22.7 Å². The van der Waals surface area contributed by atoms with Crippen molar-refractivity contribution in [3.05, 3.63) is 47.8 Å². The third kappa shape index (κ3) is 4.39. The minimum Gasteiger partial charge on any atom is -0.486 e. The van der Waals surface area contributed by atoms with Crippen LogP contribution in [0.3, 0.4) is 0 Å². The number of alkyl halides is 3. The highest BCUT2D eigenvalue weighted by molar-refractivity contribution is 5.88. The van der Waals surface area contributed by atoms with Crippen LogP contribution in [0.4, 0.5) is 13.2 Å². The Bertz CT molecular complexity index is 983. The van der Waals surface area contributed by atoms with Crippen LogP contribution in [0.1, 0.15) is 57.3 Å². The predicted molar refractivity (Wildman–Crippen MR) is 111 cm³/mol. The smallest absolute Gasteiger partial charge is 0.416 e. The minimum absolute atomic E-state index is 0.0191. The molecular weight excluding hydrogens is 407 g/mol. The highest BCUT2D eigenvalue weighted by Gasteiger charge is 2.48. The molecule has 1 aromatic carbocycles. The highest BCUT2D eigenvalue weighted by atomic mass is 19.4. The largest absolute Gasteiger partial charge is 0.486 e. The number of carbonyl (C=O) groups is 1. The van der Waals surface area contributed by atoms with Gasteiger partial charge < -0.3 is 10.1 Å². The molecule has 8 heteroatoms. The maximum absolute atomic E-state index is 13.0. The Morgan fingerprint density at radius 2 is 1.84 bits per heavy atom. The molecule has 2 aliphatic rings. The molecule has 0 unspecified atom stereocenters. The van der Waals surface area contributed by atoms with E-state index in [0.29, 0.717) is 23.4 Å². The second kappa shape index (κ2) is 7.51. The van der Waals surface area contributed by atoms with Crippen LogP contribution in [0.15, 0.2) is 36.5 Å². The van der Waals surface area contributed by atoms with Gasteiger partial charge in [0.2, 0.25) is 5.91 Å². The summed E-state index contributed by atoms with van der Waals surface area (Å²) in [5.41, 5.74) is 0.279. The van der Waals surface area contributed by atoms with E-state index in [-0.39, 0.29) is 11.9 Å². The first-order valence-corrected chi connectivity index (χ1v) is 10.4. The molecule has 0 radical (unpaired) electrons. The molecule has 4 rings (SSSR count). The summed E-state index contributed by atoms with van der Waals surface area (Å²) in [6.07, 6.45) is -0.557. The lowest BCUT2D eigenvalue weighted by Gasteiger charge is -2.25. The van der Waals surface area contributed by atoms with Crippen LogP contribution in [-0.2, 0) is 11.0 Å². The summed E-state index contributed by atoms with van der Waals surface area (Å²) in [6.45, 7) is 6.36. The highest BCUT2D eigenvalue weighted by Crippen LogP contribution is 2.40.